The van der Waals surface area contributed by atoms with Crippen LogP contribution in [0.25, 0.3) is 5.65 Å². The highest BCUT2D eigenvalue weighted by Crippen LogP contribution is 2.39. The Morgan fingerprint density at radius 3 is 2.92 bits per heavy atom. The van der Waals surface area contributed by atoms with Gasteiger partial charge in [-0.3, -0.25) is 0 Å². The fourth-order valence-corrected chi connectivity index (χ4v) is 3.49. The Morgan fingerprint density at radius 1 is 1.50 bits per heavy atom. The number of ether oxygens (including phenoxy) is 2. The molecule has 0 spiro atoms. The second-order valence-electron chi connectivity index (χ2n) is 5.77. The minimum atomic E-state index is -0.964. The van der Waals surface area contributed by atoms with E-state index in [1.807, 2.05) is 26.8 Å². The van der Waals surface area contributed by atoms with E-state index < -0.39 is 17.6 Å². The van der Waals surface area contributed by atoms with Crippen LogP contribution in [0.5, 0.6) is 0 Å². The first-order chi connectivity index (χ1) is 11.4. The van der Waals surface area contributed by atoms with Gasteiger partial charge in [0.2, 0.25) is 0 Å². The van der Waals surface area contributed by atoms with Crippen LogP contribution in [0, 0.1) is 13.8 Å². The van der Waals surface area contributed by atoms with Crippen molar-refractivity contribution in [1.82, 2.24) is 19.9 Å². The number of esters is 1. The number of rotatable bonds is 4. The lowest BCUT2D eigenvalue weighted by molar-refractivity contribution is -0.150. The van der Waals surface area contributed by atoms with Gasteiger partial charge in [0.1, 0.15) is 0 Å². The lowest BCUT2D eigenvalue weighted by atomic mass is 9.84. The number of nitrogens with one attached hydrogen (secondary N) is 1. The Kier molecular flexibility index (Phi) is 4.16. The molecule has 1 aliphatic rings. The highest BCUT2D eigenvalue weighted by atomic mass is 32.1. The van der Waals surface area contributed by atoms with Crippen LogP contribution in [0.2, 0.25) is 0 Å². The van der Waals surface area contributed by atoms with Crippen molar-refractivity contribution < 1.29 is 14.3 Å². The monoisotopic (exact) mass is 348 g/mol. The van der Waals surface area contributed by atoms with Gasteiger partial charge < -0.3 is 14.8 Å². The molecule has 8 heteroatoms. The second kappa shape index (κ2) is 6.01. The van der Waals surface area contributed by atoms with E-state index in [1.165, 1.54) is 0 Å². The van der Waals surface area contributed by atoms with Gasteiger partial charge in [-0.15, -0.1) is 0 Å². The first-order valence-electron chi connectivity index (χ1n) is 7.91. The molecule has 7 nitrogen and oxygen atoms in total. The molecule has 24 heavy (non-hydrogen) atoms. The molecule has 0 saturated carbocycles. The summed E-state index contributed by atoms with van der Waals surface area (Å²) in [7, 11) is 0. The van der Waals surface area contributed by atoms with Crippen LogP contribution in [-0.4, -0.2) is 38.4 Å². The van der Waals surface area contributed by atoms with E-state index in [2.05, 4.69) is 15.4 Å². The Labute approximate surface area is 145 Å². The quantitative estimate of drug-likeness (QED) is 0.667. The molecule has 0 bridgehead atoms. The number of nitrogens with zero attached hydrogens (tertiary/aromatic N) is 3. The van der Waals surface area contributed by atoms with E-state index >= 15 is 0 Å². The molecule has 0 aliphatic carbocycles. The summed E-state index contributed by atoms with van der Waals surface area (Å²) in [6.45, 7) is 7.84. The maximum absolute atomic E-state index is 12.5. The lowest BCUT2D eigenvalue weighted by Gasteiger charge is -2.31. The number of hydrogen-bond acceptors (Lipinski definition) is 6. The van der Waals surface area contributed by atoms with Crippen LogP contribution in [0.4, 0.5) is 0 Å². The van der Waals surface area contributed by atoms with E-state index in [-0.39, 0.29) is 11.8 Å². The minimum absolute atomic E-state index is 0.186. The molecule has 3 rings (SSSR count). The van der Waals surface area contributed by atoms with Gasteiger partial charge in [-0.1, -0.05) is 6.92 Å². The maximum atomic E-state index is 12.5. The Balaban J connectivity index is 2.17. The molecule has 2 atom stereocenters. The molecular weight excluding hydrogens is 328 g/mol. The molecule has 2 unspecified atom stereocenters. The van der Waals surface area contributed by atoms with Gasteiger partial charge in [0.25, 0.3) is 5.17 Å². The molecule has 1 aliphatic heterocycles. The van der Waals surface area contributed by atoms with Gasteiger partial charge in [-0.2, -0.15) is 5.10 Å². The fourth-order valence-electron chi connectivity index (χ4n) is 3.22. The van der Waals surface area contributed by atoms with Gasteiger partial charge in [-0.25, -0.2) is 14.3 Å². The van der Waals surface area contributed by atoms with Crippen molar-refractivity contribution in [2.45, 2.75) is 45.8 Å². The smallest absolute Gasteiger partial charge is 0.333 e. The zero-order chi connectivity index (χ0) is 17.5. The molecular formula is C16H20N4O3S. The summed E-state index contributed by atoms with van der Waals surface area (Å²) >= 11 is 5.17. The third kappa shape index (κ3) is 2.41. The standard InChI is InChI=1S/C16H20N4O3S/c1-5-16(13(14(21)22-6-2)18-15(24)23-16)11-8-17-12-7-9(3)19-20(12)10(11)4/h7-8,13H,5-6H2,1-4H3,(H,18,24). The first-order valence-corrected chi connectivity index (χ1v) is 8.32. The largest absolute Gasteiger partial charge is 0.464 e. The number of thiocarbonyl (C=S) groups is 1. The van der Waals surface area contributed by atoms with E-state index in [0.717, 1.165) is 22.6 Å². The number of aryl methyl sites for hydroxylation is 2. The van der Waals surface area contributed by atoms with Crippen LogP contribution in [0.15, 0.2) is 12.3 Å². The molecule has 128 valence electrons. The summed E-state index contributed by atoms with van der Waals surface area (Å²) in [5.41, 5.74) is 2.29. The summed E-state index contributed by atoms with van der Waals surface area (Å²) in [5.74, 6) is -0.393. The second-order valence-corrected chi connectivity index (χ2v) is 6.15. The zero-order valence-electron chi connectivity index (χ0n) is 14.1. The molecule has 1 N–H and O–H groups in total. The fraction of sp³-hybridized carbons (Fsp3) is 0.500. The predicted molar refractivity (Wildman–Crippen MR) is 91.7 cm³/mol. The Hall–Kier alpha value is -2.22. The van der Waals surface area contributed by atoms with E-state index in [9.17, 15) is 4.79 Å². The molecule has 3 heterocycles. The molecule has 0 radical (unpaired) electrons. The van der Waals surface area contributed by atoms with E-state index in [4.69, 9.17) is 21.7 Å². The highest BCUT2D eigenvalue weighted by Gasteiger charge is 2.53. The van der Waals surface area contributed by atoms with Crippen molar-refractivity contribution in [1.29, 1.82) is 0 Å². The molecule has 2 aromatic heterocycles. The molecule has 0 aromatic carbocycles. The number of carbonyl (C=O) groups is 1. The minimum Gasteiger partial charge on any atom is -0.464 e. The number of fused-ring (bicyclic) bond motifs is 1. The van der Waals surface area contributed by atoms with Crippen LogP contribution < -0.4 is 5.32 Å². The lowest BCUT2D eigenvalue weighted by Crippen LogP contribution is -2.48. The van der Waals surface area contributed by atoms with Gasteiger partial charge in [-0.05, 0) is 39.4 Å². The van der Waals surface area contributed by atoms with E-state index in [0.29, 0.717) is 6.42 Å². The number of hydrogen-bond donors (Lipinski definition) is 1. The number of carbonyl (C=O) groups excluding carboxylic acids is 1. The Morgan fingerprint density at radius 2 is 2.25 bits per heavy atom. The van der Waals surface area contributed by atoms with Crippen molar-refractivity contribution in [3.8, 4) is 0 Å². The maximum Gasteiger partial charge on any atom is 0.333 e. The molecule has 1 fully saturated rings. The summed E-state index contributed by atoms with van der Waals surface area (Å²) in [6.07, 6.45) is 2.26. The van der Waals surface area contributed by atoms with Crippen LogP contribution in [0.3, 0.4) is 0 Å². The topological polar surface area (TPSA) is 77.8 Å². The summed E-state index contributed by atoms with van der Waals surface area (Å²) in [4.78, 5) is 16.9. The predicted octanol–water partition coefficient (Wildman–Crippen LogP) is 1.79. The third-order valence-electron chi connectivity index (χ3n) is 4.35. The average molecular weight is 348 g/mol. The highest BCUT2D eigenvalue weighted by molar-refractivity contribution is 7.80. The van der Waals surface area contributed by atoms with Crippen molar-refractivity contribution in [3.05, 3.63) is 29.2 Å². The van der Waals surface area contributed by atoms with Crippen LogP contribution in [0.1, 0.15) is 37.2 Å². The van der Waals surface area contributed by atoms with Crippen LogP contribution >= 0.6 is 12.2 Å². The summed E-state index contributed by atoms with van der Waals surface area (Å²) < 4.78 is 12.9. The molecule has 2 aromatic rings. The first kappa shape index (κ1) is 16.6. The summed E-state index contributed by atoms with van der Waals surface area (Å²) in [6, 6.07) is 1.18. The normalized spacial score (nSPS) is 23.2. The average Bonchev–Trinajstić information content (AvgIpc) is 3.08. The molecule has 1 saturated heterocycles. The van der Waals surface area contributed by atoms with Gasteiger partial charge in [0.05, 0.1) is 18.0 Å². The van der Waals surface area contributed by atoms with Crippen molar-refractivity contribution >= 4 is 29.0 Å². The molecule has 0 amide bonds. The van der Waals surface area contributed by atoms with E-state index in [1.54, 1.807) is 17.6 Å². The van der Waals surface area contributed by atoms with Crippen LogP contribution in [-0.2, 0) is 19.9 Å². The van der Waals surface area contributed by atoms with Crippen molar-refractivity contribution in [3.63, 3.8) is 0 Å². The summed E-state index contributed by atoms with van der Waals surface area (Å²) in [5, 5.41) is 7.59. The SMILES string of the molecule is CCOC(=O)C1NC(=S)OC1(CC)c1cnc2cc(C)nn2c1C. The van der Waals surface area contributed by atoms with Gasteiger partial charge in [0, 0.05) is 17.8 Å². The van der Waals surface area contributed by atoms with Crippen molar-refractivity contribution in [2.75, 3.05) is 6.61 Å². The van der Waals surface area contributed by atoms with Crippen molar-refractivity contribution in [2.24, 2.45) is 0 Å². The van der Waals surface area contributed by atoms with Gasteiger partial charge in [0.15, 0.2) is 17.3 Å². The third-order valence-corrected chi connectivity index (χ3v) is 4.55. The Bertz CT molecular complexity index is 819. The van der Waals surface area contributed by atoms with Gasteiger partial charge >= 0.3 is 5.97 Å². The number of aromatic nitrogens is 3. The zero-order valence-corrected chi connectivity index (χ0v) is 14.9.